The molecular weight excluding hydrogens is 266 g/mol. The highest BCUT2D eigenvalue weighted by Gasteiger charge is 2.21. The Bertz CT molecular complexity index is 386. The largest absolute Gasteiger partial charge is 0.366 e. The molecule has 0 spiro atoms. The van der Waals surface area contributed by atoms with Crippen LogP contribution in [0.1, 0.15) is 27.7 Å². The Balaban J connectivity index is 2.94. The fourth-order valence-electron chi connectivity index (χ4n) is 0.967. The number of nitrogens with one attached hydrogen (secondary N) is 1. The molecular formula is C11H15Cl3N2. The molecule has 5 heteroatoms. The van der Waals surface area contributed by atoms with Gasteiger partial charge in [-0.2, -0.15) is 0 Å². The second kappa shape index (κ2) is 4.99. The Kier molecular flexibility index (Phi) is 4.33. The fraction of sp³-hybridized carbons (Fsp3) is 0.545. The van der Waals surface area contributed by atoms with Gasteiger partial charge in [-0.3, -0.25) is 0 Å². The van der Waals surface area contributed by atoms with Crippen LogP contribution < -0.4 is 5.32 Å². The molecule has 0 aliphatic heterocycles. The van der Waals surface area contributed by atoms with Crippen LogP contribution in [0.15, 0.2) is 6.07 Å². The van der Waals surface area contributed by atoms with Gasteiger partial charge in [0, 0.05) is 6.04 Å². The topological polar surface area (TPSA) is 24.9 Å². The van der Waals surface area contributed by atoms with Crippen LogP contribution >= 0.6 is 34.8 Å². The molecule has 2 nitrogen and oxygen atoms in total. The maximum Gasteiger partial charge on any atom is 0.150 e. The van der Waals surface area contributed by atoms with Crippen molar-refractivity contribution in [2.45, 2.75) is 33.7 Å². The molecule has 1 N–H and O–H groups in total. The Morgan fingerprint density at radius 2 is 1.75 bits per heavy atom. The van der Waals surface area contributed by atoms with Gasteiger partial charge in [-0.05, 0) is 18.4 Å². The highest BCUT2D eigenvalue weighted by Crippen LogP contribution is 2.31. The summed E-state index contributed by atoms with van der Waals surface area (Å²) < 4.78 is 0. The SMILES string of the molecule is CC(Nc1nc(Cl)c(Cl)cc1Cl)C(C)(C)C. The summed E-state index contributed by atoms with van der Waals surface area (Å²) in [6.07, 6.45) is 0. The molecule has 0 fully saturated rings. The standard InChI is InChI=1S/C11H15Cl3N2/c1-6(11(2,3)4)15-10-8(13)5-7(12)9(14)16-10/h5-6H,1-4H3,(H,15,16). The Morgan fingerprint density at radius 1 is 1.19 bits per heavy atom. The van der Waals surface area contributed by atoms with E-state index in [4.69, 9.17) is 34.8 Å². The van der Waals surface area contributed by atoms with E-state index in [0.29, 0.717) is 15.9 Å². The van der Waals surface area contributed by atoms with E-state index in [2.05, 4.69) is 38.0 Å². The minimum absolute atomic E-state index is 0.108. The van der Waals surface area contributed by atoms with E-state index in [0.717, 1.165) is 0 Å². The lowest BCUT2D eigenvalue weighted by Gasteiger charge is -2.28. The van der Waals surface area contributed by atoms with Gasteiger partial charge in [-0.25, -0.2) is 4.98 Å². The second-order valence-corrected chi connectivity index (χ2v) is 6.00. The van der Waals surface area contributed by atoms with Gasteiger partial charge in [0.15, 0.2) is 0 Å². The van der Waals surface area contributed by atoms with Crippen LogP contribution in [-0.2, 0) is 0 Å². The molecule has 90 valence electrons. The number of halogens is 3. The molecule has 0 saturated heterocycles. The quantitative estimate of drug-likeness (QED) is 0.781. The minimum atomic E-state index is 0.108. The normalized spacial score (nSPS) is 13.7. The van der Waals surface area contributed by atoms with E-state index in [1.807, 2.05) is 0 Å². The highest BCUT2D eigenvalue weighted by atomic mass is 35.5. The first-order chi connectivity index (χ1) is 7.21. The lowest BCUT2D eigenvalue weighted by atomic mass is 9.88. The molecule has 0 radical (unpaired) electrons. The van der Waals surface area contributed by atoms with Gasteiger partial charge >= 0.3 is 0 Å². The lowest BCUT2D eigenvalue weighted by molar-refractivity contribution is 0.359. The summed E-state index contributed by atoms with van der Waals surface area (Å²) in [5.41, 5.74) is 0.108. The molecule has 0 aromatic carbocycles. The zero-order valence-electron chi connectivity index (χ0n) is 9.74. The fourth-order valence-corrected chi connectivity index (χ4v) is 1.52. The van der Waals surface area contributed by atoms with E-state index < -0.39 is 0 Å². The number of hydrogen-bond donors (Lipinski definition) is 1. The van der Waals surface area contributed by atoms with Gasteiger partial charge < -0.3 is 5.32 Å². The molecule has 0 aliphatic rings. The smallest absolute Gasteiger partial charge is 0.150 e. The predicted octanol–water partition coefficient (Wildman–Crippen LogP) is 4.89. The number of pyridine rings is 1. The van der Waals surface area contributed by atoms with Crippen LogP contribution in [0.3, 0.4) is 0 Å². The van der Waals surface area contributed by atoms with Crippen molar-refractivity contribution in [1.82, 2.24) is 4.98 Å². The van der Waals surface area contributed by atoms with E-state index in [9.17, 15) is 0 Å². The van der Waals surface area contributed by atoms with E-state index in [1.165, 1.54) is 0 Å². The van der Waals surface area contributed by atoms with Crippen molar-refractivity contribution in [2.75, 3.05) is 5.32 Å². The zero-order chi connectivity index (χ0) is 12.5. The van der Waals surface area contributed by atoms with Crippen molar-refractivity contribution in [3.63, 3.8) is 0 Å². The van der Waals surface area contributed by atoms with Crippen molar-refractivity contribution in [3.8, 4) is 0 Å². The summed E-state index contributed by atoms with van der Waals surface area (Å²) in [5.74, 6) is 0.568. The second-order valence-electron chi connectivity index (χ2n) is 4.82. The van der Waals surface area contributed by atoms with Crippen LogP contribution in [-0.4, -0.2) is 11.0 Å². The summed E-state index contributed by atoms with van der Waals surface area (Å²) in [4.78, 5) is 4.12. The van der Waals surface area contributed by atoms with E-state index >= 15 is 0 Å². The number of anilines is 1. The predicted molar refractivity (Wildman–Crippen MR) is 71.8 cm³/mol. The summed E-state index contributed by atoms with van der Waals surface area (Å²) in [5, 5.41) is 4.33. The van der Waals surface area contributed by atoms with Crippen molar-refractivity contribution < 1.29 is 0 Å². The zero-order valence-corrected chi connectivity index (χ0v) is 12.0. The Labute approximate surface area is 111 Å². The summed E-state index contributed by atoms with van der Waals surface area (Å²) in [6, 6.07) is 1.81. The lowest BCUT2D eigenvalue weighted by Crippen LogP contribution is -2.31. The number of hydrogen-bond acceptors (Lipinski definition) is 2. The first kappa shape index (κ1) is 13.9. The molecule has 1 rings (SSSR count). The monoisotopic (exact) mass is 280 g/mol. The first-order valence-electron chi connectivity index (χ1n) is 5.00. The Morgan fingerprint density at radius 3 is 2.25 bits per heavy atom. The van der Waals surface area contributed by atoms with Gasteiger partial charge in [0.1, 0.15) is 11.0 Å². The van der Waals surface area contributed by atoms with Crippen molar-refractivity contribution in [1.29, 1.82) is 0 Å². The third kappa shape index (κ3) is 3.41. The molecule has 0 aliphatic carbocycles. The molecule has 0 saturated carbocycles. The number of rotatable bonds is 2. The van der Waals surface area contributed by atoms with Crippen molar-refractivity contribution >= 4 is 40.6 Å². The minimum Gasteiger partial charge on any atom is -0.366 e. The molecule has 1 heterocycles. The average molecular weight is 282 g/mol. The van der Waals surface area contributed by atoms with Crippen LogP contribution in [0, 0.1) is 5.41 Å². The van der Waals surface area contributed by atoms with Gasteiger partial charge in [-0.15, -0.1) is 0 Å². The molecule has 1 unspecified atom stereocenters. The van der Waals surface area contributed by atoms with Crippen LogP contribution in [0.2, 0.25) is 15.2 Å². The van der Waals surface area contributed by atoms with Crippen molar-refractivity contribution in [2.24, 2.45) is 5.41 Å². The third-order valence-corrected chi connectivity index (χ3v) is 3.50. The average Bonchev–Trinajstić information content (AvgIpc) is 2.12. The molecule has 0 bridgehead atoms. The van der Waals surface area contributed by atoms with Crippen LogP contribution in [0.4, 0.5) is 5.82 Å². The molecule has 0 amide bonds. The summed E-state index contributed by atoms with van der Waals surface area (Å²) >= 11 is 17.7. The highest BCUT2D eigenvalue weighted by molar-refractivity contribution is 6.42. The summed E-state index contributed by atoms with van der Waals surface area (Å²) in [7, 11) is 0. The van der Waals surface area contributed by atoms with Gasteiger partial charge in [0.25, 0.3) is 0 Å². The molecule has 1 aromatic rings. The maximum atomic E-state index is 6.03. The number of aromatic nitrogens is 1. The van der Waals surface area contributed by atoms with Crippen molar-refractivity contribution in [3.05, 3.63) is 21.3 Å². The number of nitrogens with zero attached hydrogens (tertiary/aromatic N) is 1. The molecule has 1 atom stereocenters. The van der Waals surface area contributed by atoms with Gasteiger partial charge in [-0.1, -0.05) is 55.6 Å². The molecule has 1 aromatic heterocycles. The van der Waals surface area contributed by atoms with E-state index in [1.54, 1.807) is 6.07 Å². The first-order valence-corrected chi connectivity index (χ1v) is 6.13. The van der Waals surface area contributed by atoms with E-state index in [-0.39, 0.29) is 16.6 Å². The summed E-state index contributed by atoms with van der Waals surface area (Å²) in [6.45, 7) is 8.48. The third-order valence-electron chi connectivity index (χ3n) is 2.54. The van der Waals surface area contributed by atoms with Gasteiger partial charge in [0.05, 0.1) is 10.0 Å². The van der Waals surface area contributed by atoms with Crippen LogP contribution in [0.25, 0.3) is 0 Å². The van der Waals surface area contributed by atoms with Gasteiger partial charge in [0.2, 0.25) is 0 Å². The molecule has 16 heavy (non-hydrogen) atoms. The Hall–Kier alpha value is -0.180. The van der Waals surface area contributed by atoms with Crippen LogP contribution in [0.5, 0.6) is 0 Å². The maximum absolute atomic E-state index is 6.03.